The number of thioether (sulfide) groups is 1. The summed E-state index contributed by atoms with van der Waals surface area (Å²) in [6, 6.07) is 14.0. The van der Waals surface area contributed by atoms with E-state index >= 15 is 0 Å². The molecule has 1 saturated heterocycles. The normalized spacial score (nSPS) is 21.2. The van der Waals surface area contributed by atoms with Gasteiger partial charge in [0.2, 0.25) is 0 Å². The second-order valence-electron chi connectivity index (χ2n) is 6.22. The SMILES string of the molecule is C=CCSc1ncnn1C[C@]1(c2ccc(F)cc2)O[C@H]1c1ccccc1Cl. The van der Waals surface area contributed by atoms with Crippen molar-refractivity contribution in [3.8, 4) is 0 Å². The standard InChI is InChI=1S/C20H17ClFN3OS/c1-2-11-27-19-23-13-24-25(19)12-20(14-7-9-15(22)10-8-14)18(26-20)16-5-3-4-6-17(16)21/h2-10,13,18H,1,11-12H2/t18-,20+/m0/s1. The lowest BCUT2D eigenvalue weighted by atomic mass is 9.91. The molecule has 0 bridgehead atoms. The molecule has 4 nitrogen and oxygen atoms in total. The van der Waals surface area contributed by atoms with Crippen LogP contribution in [-0.2, 0) is 16.9 Å². The number of nitrogens with zero attached hydrogens (tertiary/aromatic N) is 3. The molecule has 0 N–H and O–H groups in total. The summed E-state index contributed by atoms with van der Waals surface area (Å²) < 4.78 is 21.5. The number of aromatic nitrogens is 3. The fourth-order valence-electron chi connectivity index (χ4n) is 3.17. The van der Waals surface area contributed by atoms with Crippen molar-refractivity contribution in [2.45, 2.75) is 23.4 Å². The van der Waals surface area contributed by atoms with E-state index in [1.807, 2.05) is 35.0 Å². The van der Waals surface area contributed by atoms with Crippen LogP contribution in [0.1, 0.15) is 17.2 Å². The van der Waals surface area contributed by atoms with E-state index in [4.69, 9.17) is 16.3 Å². The van der Waals surface area contributed by atoms with E-state index in [2.05, 4.69) is 16.7 Å². The molecule has 0 unspecified atom stereocenters. The zero-order valence-electron chi connectivity index (χ0n) is 14.4. The highest BCUT2D eigenvalue weighted by molar-refractivity contribution is 7.99. The third kappa shape index (κ3) is 3.52. The van der Waals surface area contributed by atoms with Gasteiger partial charge in [0.25, 0.3) is 0 Å². The van der Waals surface area contributed by atoms with Gasteiger partial charge in [-0.15, -0.1) is 6.58 Å². The van der Waals surface area contributed by atoms with Gasteiger partial charge in [-0.1, -0.05) is 59.8 Å². The summed E-state index contributed by atoms with van der Waals surface area (Å²) in [6.07, 6.45) is 3.11. The Morgan fingerprint density at radius 1 is 1.26 bits per heavy atom. The maximum absolute atomic E-state index is 13.5. The van der Waals surface area contributed by atoms with Crippen LogP contribution in [0.2, 0.25) is 5.02 Å². The molecule has 2 atom stereocenters. The molecule has 2 aromatic carbocycles. The number of rotatable bonds is 7. The van der Waals surface area contributed by atoms with Crippen molar-refractivity contribution in [1.82, 2.24) is 14.8 Å². The van der Waals surface area contributed by atoms with Gasteiger partial charge in [0.15, 0.2) is 5.16 Å². The molecule has 1 aromatic heterocycles. The van der Waals surface area contributed by atoms with Gasteiger partial charge < -0.3 is 4.74 Å². The van der Waals surface area contributed by atoms with Crippen molar-refractivity contribution in [2.24, 2.45) is 0 Å². The van der Waals surface area contributed by atoms with Gasteiger partial charge in [-0.2, -0.15) is 5.10 Å². The maximum Gasteiger partial charge on any atom is 0.186 e. The monoisotopic (exact) mass is 401 g/mol. The first kappa shape index (κ1) is 18.2. The molecule has 0 saturated carbocycles. The van der Waals surface area contributed by atoms with Crippen molar-refractivity contribution in [2.75, 3.05) is 5.75 Å². The second-order valence-corrected chi connectivity index (χ2v) is 7.61. The summed E-state index contributed by atoms with van der Waals surface area (Å²) in [4.78, 5) is 4.31. The van der Waals surface area contributed by atoms with Crippen LogP contribution in [0, 0.1) is 5.82 Å². The first-order chi connectivity index (χ1) is 13.1. The smallest absolute Gasteiger partial charge is 0.186 e. The number of halogens is 2. The molecule has 1 aliphatic heterocycles. The molecule has 0 amide bonds. The van der Waals surface area contributed by atoms with Crippen LogP contribution in [0.15, 0.2) is 72.7 Å². The summed E-state index contributed by atoms with van der Waals surface area (Å²) in [5.41, 5.74) is 1.11. The lowest BCUT2D eigenvalue weighted by molar-refractivity contribution is 0.256. The van der Waals surface area contributed by atoms with Crippen molar-refractivity contribution in [1.29, 1.82) is 0 Å². The number of hydrogen-bond donors (Lipinski definition) is 0. The summed E-state index contributed by atoms with van der Waals surface area (Å²) in [5.74, 6) is 0.448. The molecule has 1 fully saturated rings. The Hall–Kier alpha value is -2.15. The Balaban J connectivity index is 1.71. The lowest BCUT2D eigenvalue weighted by Crippen LogP contribution is -2.20. The average Bonchev–Trinajstić information content (AvgIpc) is 3.22. The van der Waals surface area contributed by atoms with Crippen molar-refractivity contribution < 1.29 is 9.13 Å². The number of hydrogen-bond acceptors (Lipinski definition) is 4. The third-order valence-electron chi connectivity index (χ3n) is 4.51. The Morgan fingerprint density at radius 3 is 2.78 bits per heavy atom. The fraction of sp³-hybridized carbons (Fsp3) is 0.200. The predicted molar refractivity (Wildman–Crippen MR) is 104 cm³/mol. The van der Waals surface area contributed by atoms with Crippen molar-refractivity contribution >= 4 is 23.4 Å². The molecule has 0 aliphatic carbocycles. The third-order valence-corrected chi connectivity index (χ3v) is 5.83. The van der Waals surface area contributed by atoms with Gasteiger partial charge in [0.05, 0.1) is 6.54 Å². The first-order valence-electron chi connectivity index (χ1n) is 8.44. The Labute approximate surface area is 166 Å². The topological polar surface area (TPSA) is 43.2 Å². The second kappa shape index (κ2) is 7.46. The molecule has 27 heavy (non-hydrogen) atoms. The maximum atomic E-state index is 13.5. The van der Waals surface area contributed by atoms with E-state index in [-0.39, 0.29) is 11.9 Å². The largest absolute Gasteiger partial charge is 0.354 e. The van der Waals surface area contributed by atoms with E-state index in [9.17, 15) is 4.39 Å². The summed E-state index contributed by atoms with van der Waals surface area (Å²) in [7, 11) is 0. The van der Waals surface area contributed by atoms with Crippen LogP contribution < -0.4 is 0 Å². The molecular weight excluding hydrogens is 385 g/mol. The fourth-order valence-corrected chi connectivity index (χ4v) is 4.06. The van der Waals surface area contributed by atoms with E-state index in [0.717, 1.165) is 22.0 Å². The van der Waals surface area contributed by atoms with Crippen LogP contribution in [0.25, 0.3) is 0 Å². The van der Waals surface area contributed by atoms with E-state index in [1.54, 1.807) is 23.9 Å². The van der Waals surface area contributed by atoms with E-state index in [0.29, 0.717) is 11.6 Å². The van der Waals surface area contributed by atoms with Gasteiger partial charge in [-0.25, -0.2) is 14.1 Å². The van der Waals surface area contributed by atoms with Gasteiger partial charge in [0, 0.05) is 16.3 Å². The molecule has 138 valence electrons. The highest BCUT2D eigenvalue weighted by atomic mass is 35.5. The minimum Gasteiger partial charge on any atom is -0.354 e. The molecule has 0 spiro atoms. The number of ether oxygens (including phenoxy) is 1. The first-order valence-corrected chi connectivity index (χ1v) is 9.80. The molecule has 3 aromatic rings. The molecule has 0 radical (unpaired) electrons. The number of benzene rings is 2. The van der Waals surface area contributed by atoms with Gasteiger partial charge in [-0.05, 0) is 23.8 Å². The van der Waals surface area contributed by atoms with E-state index in [1.165, 1.54) is 18.5 Å². The molecule has 2 heterocycles. The summed E-state index contributed by atoms with van der Waals surface area (Å²) >= 11 is 7.94. The minimum absolute atomic E-state index is 0.238. The van der Waals surface area contributed by atoms with E-state index < -0.39 is 5.60 Å². The van der Waals surface area contributed by atoms with Crippen LogP contribution in [0.5, 0.6) is 0 Å². The lowest BCUT2D eigenvalue weighted by Gasteiger charge is -2.15. The highest BCUT2D eigenvalue weighted by Crippen LogP contribution is 2.59. The van der Waals surface area contributed by atoms with Gasteiger partial charge in [-0.3, -0.25) is 0 Å². The Kier molecular flexibility index (Phi) is 5.04. The zero-order valence-corrected chi connectivity index (χ0v) is 16.0. The van der Waals surface area contributed by atoms with Crippen LogP contribution >= 0.6 is 23.4 Å². The summed E-state index contributed by atoms with van der Waals surface area (Å²) in [5, 5.41) is 5.78. The Bertz CT molecular complexity index is 962. The highest BCUT2D eigenvalue weighted by Gasteiger charge is 2.59. The molecule has 4 rings (SSSR count). The van der Waals surface area contributed by atoms with Crippen molar-refractivity contribution in [3.63, 3.8) is 0 Å². The number of epoxide rings is 1. The van der Waals surface area contributed by atoms with Gasteiger partial charge in [0.1, 0.15) is 23.8 Å². The minimum atomic E-state index is -0.671. The van der Waals surface area contributed by atoms with Crippen LogP contribution in [0.4, 0.5) is 4.39 Å². The zero-order chi connectivity index (χ0) is 18.9. The molecule has 1 aliphatic rings. The molecule has 7 heteroatoms. The van der Waals surface area contributed by atoms with Crippen LogP contribution in [0.3, 0.4) is 0 Å². The average molecular weight is 402 g/mol. The quantitative estimate of drug-likeness (QED) is 0.317. The Morgan fingerprint density at radius 2 is 2.04 bits per heavy atom. The summed E-state index contributed by atoms with van der Waals surface area (Å²) in [6.45, 7) is 4.19. The van der Waals surface area contributed by atoms with Gasteiger partial charge >= 0.3 is 0 Å². The van der Waals surface area contributed by atoms with Crippen LogP contribution in [-0.4, -0.2) is 20.5 Å². The molecular formula is C20H17ClFN3OS. The predicted octanol–water partition coefficient (Wildman–Crippen LogP) is 5.02. The van der Waals surface area contributed by atoms with Crippen molar-refractivity contribution in [3.05, 3.63) is 89.5 Å².